The van der Waals surface area contributed by atoms with Gasteiger partial charge in [-0.05, 0) is 42.3 Å². The van der Waals surface area contributed by atoms with Gasteiger partial charge in [-0.15, -0.1) is 5.10 Å². The predicted octanol–water partition coefficient (Wildman–Crippen LogP) is 5.29. The molecule has 0 aromatic heterocycles. The van der Waals surface area contributed by atoms with Crippen molar-refractivity contribution >= 4 is 34.9 Å². The highest BCUT2D eigenvalue weighted by molar-refractivity contribution is 8.18. The van der Waals surface area contributed by atoms with Gasteiger partial charge in [0, 0.05) is 11.6 Å². The van der Waals surface area contributed by atoms with E-state index in [4.69, 9.17) is 5.10 Å². The van der Waals surface area contributed by atoms with Crippen LogP contribution in [0.5, 0.6) is 0 Å². The van der Waals surface area contributed by atoms with Crippen molar-refractivity contribution in [2.24, 2.45) is 10.1 Å². The van der Waals surface area contributed by atoms with Gasteiger partial charge in [-0.2, -0.15) is 0 Å². The van der Waals surface area contributed by atoms with Gasteiger partial charge in [0.05, 0.1) is 0 Å². The SMILES string of the molecule is Cc1ccc(C2SC=C3SC(/N=C\c4ccccc4C)=NN32)cc1. The third-order valence-electron chi connectivity index (χ3n) is 4.00. The summed E-state index contributed by atoms with van der Waals surface area (Å²) in [6.07, 6.45) is 1.90. The summed E-state index contributed by atoms with van der Waals surface area (Å²) < 4.78 is 0. The van der Waals surface area contributed by atoms with Crippen LogP contribution in [-0.4, -0.2) is 16.4 Å². The molecule has 2 aromatic rings. The molecule has 0 radical (unpaired) electrons. The van der Waals surface area contributed by atoms with Crippen LogP contribution in [0.3, 0.4) is 0 Å². The number of aryl methyl sites for hydroxylation is 2. The van der Waals surface area contributed by atoms with Crippen molar-refractivity contribution in [2.75, 3.05) is 0 Å². The summed E-state index contributed by atoms with van der Waals surface area (Å²) in [6.45, 7) is 4.20. The Morgan fingerprint density at radius 1 is 1.08 bits per heavy atom. The molecular formula is C19H17N3S2. The molecule has 0 N–H and O–H groups in total. The standard InChI is InChI=1S/C19H17N3S2/c1-13-7-9-15(10-8-13)18-22-17(12-23-18)24-19(21-22)20-11-16-6-4-3-5-14(16)2/h3-12,18H,1-2H3/b20-11-. The number of hydrogen-bond donors (Lipinski definition) is 0. The Balaban J connectivity index is 1.54. The van der Waals surface area contributed by atoms with Gasteiger partial charge in [0.1, 0.15) is 10.4 Å². The van der Waals surface area contributed by atoms with E-state index in [0.717, 1.165) is 15.8 Å². The maximum atomic E-state index is 4.70. The number of thioether (sulfide) groups is 2. The molecule has 4 rings (SSSR count). The second-order valence-electron chi connectivity index (χ2n) is 5.80. The molecule has 2 aromatic carbocycles. The van der Waals surface area contributed by atoms with Crippen LogP contribution in [0.25, 0.3) is 0 Å². The normalized spacial score (nSPS) is 19.6. The number of benzene rings is 2. The van der Waals surface area contributed by atoms with Crippen LogP contribution in [-0.2, 0) is 0 Å². The van der Waals surface area contributed by atoms with Crippen LogP contribution in [0.2, 0.25) is 0 Å². The van der Waals surface area contributed by atoms with Crippen LogP contribution >= 0.6 is 23.5 Å². The molecule has 0 spiro atoms. The van der Waals surface area contributed by atoms with Crippen LogP contribution < -0.4 is 0 Å². The molecule has 1 unspecified atom stereocenters. The number of fused-ring (bicyclic) bond motifs is 1. The van der Waals surface area contributed by atoms with Gasteiger partial charge in [0.25, 0.3) is 0 Å². The Hall–Kier alpha value is -1.98. The second-order valence-corrected chi connectivity index (χ2v) is 7.74. The van der Waals surface area contributed by atoms with E-state index >= 15 is 0 Å². The molecule has 0 fully saturated rings. The molecule has 2 heterocycles. The van der Waals surface area contributed by atoms with Crippen molar-refractivity contribution < 1.29 is 0 Å². The summed E-state index contributed by atoms with van der Waals surface area (Å²) in [5, 5.41) is 11.1. The van der Waals surface area contributed by atoms with Crippen LogP contribution in [0.1, 0.15) is 27.6 Å². The average molecular weight is 352 g/mol. The van der Waals surface area contributed by atoms with Crippen LogP contribution in [0.4, 0.5) is 0 Å². The molecule has 1 atom stereocenters. The fourth-order valence-electron chi connectivity index (χ4n) is 2.59. The van der Waals surface area contributed by atoms with Crippen molar-refractivity contribution in [2.45, 2.75) is 19.2 Å². The quantitative estimate of drug-likeness (QED) is 0.688. The topological polar surface area (TPSA) is 28.0 Å². The molecule has 24 heavy (non-hydrogen) atoms. The Kier molecular flexibility index (Phi) is 4.21. The van der Waals surface area contributed by atoms with E-state index in [1.165, 1.54) is 16.7 Å². The second kappa shape index (κ2) is 6.49. The number of aliphatic imine (C=N–C) groups is 1. The first-order valence-corrected chi connectivity index (χ1v) is 9.54. The molecule has 0 amide bonds. The summed E-state index contributed by atoms with van der Waals surface area (Å²) in [4.78, 5) is 4.58. The minimum absolute atomic E-state index is 0.208. The first kappa shape index (κ1) is 15.5. The summed E-state index contributed by atoms with van der Waals surface area (Å²) in [7, 11) is 0. The van der Waals surface area contributed by atoms with E-state index in [1.54, 1.807) is 23.5 Å². The Morgan fingerprint density at radius 2 is 1.88 bits per heavy atom. The molecule has 5 heteroatoms. The van der Waals surface area contributed by atoms with Gasteiger partial charge in [0.2, 0.25) is 5.17 Å². The van der Waals surface area contributed by atoms with Crippen LogP contribution in [0.15, 0.2) is 69.1 Å². The number of hydrazone groups is 1. The average Bonchev–Trinajstić information content (AvgIpc) is 3.15. The third kappa shape index (κ3) is 3.01. The number of hydrogen-bond acceptors (Lipinski definition) is 5. The summed E-state index contributed by atoms with van der Waals surface area (Å²) in [5.74, 6) is 0. The lowest BCUT2D eigenvalue weighted by molar-refractivity contribution is 0.387. The van der Waals surface area contributed by atoms with E-state index in [2.05, 4.69) is 65.7 Å². The molecule has 0 aliphatic carbocycles. The third-order valence-corrected chi connectivity index (χ3v) is 6.12. The first-order chi connectivity index (χ1) is 11.7. The van der Waals surface area contributed by atoms with E-state index in [9.17, 15) is 0 Å². The molecule has 0 saturated heterocycles. The van der Waals surface area contributed by atoms with E-state index < -0.39 is 0 Å². The maximum Gasteiger partial charge on any atom is 0.213 e. The monoisotopic (exact) mass is 351 g/mol. The van der Waals surface area contributed by atoms with Crippen molar-refractivity contribution in [1.29, 1.82) is 0 Å². The zero-order chi connectivity index (χ0) is 16.5. The van der Waals surface area contributed by atoms with Gasteiger partial charge in [-0.1, -0.05) is 65.9 Å². The zero-order valence-electron chi connectivity index (χ0n) is 13.5. The molecule has 120 valence electrons. The number of rotatable bonds is 2. The number of amidine groups is 1. The van der Waals surface area contributed by atoms with Crippen LogP contribution in [0, 0.1) is 13.8 Å². The highest BCUT2D eigenvalue weighted by Gasteiger charge is 2.34. The summed E-state index contributed by atoms with van der Waals surface area (Å²) in [6, 6.07) is 16.9. The fraction of sp³-hybridized carbons (Fsp3) is 0.158. The highest BCUT2D eigenvalue weighted by atomic mass is 32.2. The smallest absolute Gasteiger partial charge is 0.213 e. The molecule has 2 aliphatic rings. The number of nitrogens with zero attached hydrogens (tertiary/aromatic N) is 3. The lowest BCUT2D eigenvalue weighted by Gasteiger charge is -2.19. The fourth-order valence-corrected chi connectivity index (χ4v) is 4.62. The Morgan fingerprint density at radius 3 is 2.67 bits per heavy atom. The Bertz CT molecular complexity index is 853. The molecule has 2 aliphatic heterocycles. The van der Waals surface area contributed by atoms with Gasteiger partial charge in [0.15, 0.2) is 0 Å². The van der Waals surface area contributed by atoms with Gasteiger partial charge >= 0.3 is 0 Å². The zero-order valence-corrected chi connectivity index (χ0v) is 15.1. The highest BCUT2D eigenvalue weighted by Crippen LogP contribution is 2.50. The minimum Gasteiger partial charge on any atom is -0.238 e. The maximum absolute atomic E-state index is 4.70. The molecular weight excluding hydrogens is 334 g/mol. The summed E-state index contributed by atoms with van der Waals surface area (Å²) >= 11 is 3.42. The summed E-state index contributed by atoms with van der Waals surface area (Å²) in [5.41, 5.74) is 4.90. The lowest BCUT2D eigenvalue weighted by Crippen LogP contribution is -2.12. The van der Waals surface area contributed by atoms with Crippen molar-refractivity contribution in [3.8, 4) is 0 Å². The Labute approximate surface area is 150 Å². The van der Waals surface area contributed by atoms with E-state index in [1.807, 2.05) is 18.3 Å². The van der Waals surface area contributed by atoms with Crippen molar-refractivity contribution in [3.63, 3.8) is 0 Å². The van der Waals surface area contributed by atoms with Gasteiger partial charge in [-0.25, -0.2) is 10.0 Å². The first-order valence-electron chi connectivity index (χ1n) is 7.78. The predicted molar refractivity (Wildman–Crippen MR) is 105 cm³/mol. The minimum atomic E-state index is 0.208. The molecule has 0 bridgehead atoms. The van der Waals surface area contributed by atoms with E-state index in [-0.39, 0.29) is 5.37 Å². The molecule has 0 saturated carbocycles. The van der Waals surface area contributed by atoms with Gasteiger partial charge in [-0.3, -0.25) is 0 Å². The lowest BCUT2D eigenvalue weighted by atomic mass is 10.1. The van der Waals surface area contributed by atoms with E-state index in [0.29, 0.717) is 0 Å². The van der Waals surface area contributed by atoms with Crippen molar-refractivity contribution in [3.05, 3.63) is 81.2 Å². The largest absolute Gasteiger partial charge is 0.238 e. The molecule has 3 nitrogen and oxygen atoms in total. The van der Waals surface area contributed by atoms with Gasteiger partial charge < -0.3 is 0 Å². The van der Waals surface area contributed by atoms with Crippen molar-refractivity contribution in [1.82, 2.24) is 5.01 Å².